The van der Waals surface area contributed by atoms with Gasteiger partial charge in [-0.2, -0.15) is 0 Å². The average molecular weight is 912 g/mol. The van der Waals surface area contributed by atoms with E-state index in [9.17, 15) is 0 Å². The van der Waals surface area contributed by atoms with Crippen molar-refractivity contribution in [2.45, 2.75) is 19.3 Å². The predicted octanol–water partition coefficient (Wildman–Crippen LogP) is 19.6. The molecule has 1 aliphatic carbocycles. The van der Waals surface area contributed by atoms with Gasteiger partial charge in [0, 0.05) is 53.3 Å². The highest BCUT2D eigenvalue weighted by molar-refractivity contribution is 7.26. The molecule has 70 heavy (non-hydrogen) atoms. The van der Waals surface area contributed by atoms with Crippen LogP contribution in [0.5, 0.6) is 0 Å². The van der Waals surface area contributed by atoms with Gasteiger partial charge in [-0.25, -0.2) is 0 Å². The standard InChI is InChI=1S/C67H45NOS/c1-67(2)59-24-10-8-20-54(59)55-36-31-47(41-60(55)67)46-17-12-18-48(40-46)51-38-39-61-63(58-37-30-44-16-6-7-19-52(44)65(58)69-61)64(51)68(49-32-26-43(27-33-49)42-14-4-3-5-15-42)50-34-28-45(29-35-50)53-22-13-23-57-56-21-9-11-25-62(56)70-66(53)57/h3-41H,1-2H3. The predicted molar refractivity (Wildman–Crippen MR) is 298 cm³/mol. The van der Waals surface area contributed by atoms with E-state index < -0.39 is 0 Å². The van der Waals surface area contributed by atoms with E-state index in [2.05, 4.69) is 255 Å². The lowest BCUT2D eigenvalue weighted by Gasteiger charge is -2.29. The fourth-order valence-electron chi connectivity index (χ4n) is 11.4. The van der Waals surface area contributed by atoms with E-state index in [0.717, 1.165) is 60.9 Å². The summed E-state index contributed by atoms with van der Waals surface area (Å²) in [4.78, 5) is 2.46. The molecule has 13 aromatic rings. The Bertz CT molecular complexity index is 4190. The maximum atomic E-state index is 7.00. The van der Waals surface area contributed by atoms with E-state index >= 15 is 0 Å². The first-order chi connectivity index (χ1) is 34.5. The number of furan rings is 1. The van der Waals surface area contributed by atoms with Crippen LogP contribution in [0.1, 0.15) is 25.0 Å². The minimum absolute atomic E-state index is 0.0965. The van der Waals surface area contributed by atoms with Crippen LogP contribution in [0.15, 0.2) is 241 Å². The molecule has 2 heterocycles. The van der Waals surface area contributed by atoms with Crippen LogP contribution >= 0.6 is 11.3 Å². The number of hydrogen-bond acceptors (Lipinski definition) is 3. The lowest BCUT2D eigenvalue weighted by atomic mass is 9.81. The first-order valence-electron chi connectivity index (χ1n) is 24.1. The number of thiophene rings is 1. The van der Waals surface area contributed by atoms with Gasteiger partial charge in [-0.05, 0) is 127 Å². The molecular weight excluding hydrogens is 867 g/mol. The SMILES string of the molecule is CC1(C)c2ccccc2-c2ccc(-c3cccc(-c4ccc5oc6c7ccccc7ccc6c5c4N(c4ccc(-c5ccccc5)cc4)c4ccc(-c5cccc6c5sc5ccccc56)cc4)c3)cc21. The third-order valence-corrected chi connectivity index (χ3v) is 16.1. The van der Waals surface area contributed by atoms with Crippen LogP contribution in [0.3, 0.4) is 0 Å². The van der Waals surface area contributed by atoms with Crippen molar-refractivity contribution in [1.82, 2.24) is 0 Å². The second-order valence-corrected chi connectivity index (χ2v) is 20.2. The minimum atomic E-state index is -0.0965. The second kappa shape index (κ2) is 15.8. The average Bonchev–Trinajstić information content (AvgIpc) is 4.07. The summed E-state index contributed by atoms with van der Waals surface area (Å²) >= 11 is 1.87. The molecule has 0 saturated carbocycles. The maximum Gasteiger partial charge on any atom is 0.143 e. The summed E-state index contributed by atoms with van der Waals surface area (Å²) in [5, 5.41) is 7.02. The second-order valence-electron chi connectivity index (χ2n) is 19.2. The van der Waals surface area contributed by atoms with E-state index in [0.29, 0.717) is 0 Å². The fourth-order valence-corrected chi connectivity index (χ4v) is 12.6. The summed E-state index contributed by atoms with van der Waals surface area (Å²) in [7, 11) is 0. The fraction of sp³-hybridized carbons (Fsp3) is 0.0448. The Balaban J connectivity index is 0.992. The number of rotatable bonds is 7. The topological polar surface area (TPSA) is 16.4 Å². The lowest BCUT2D eigenvalue weighted by Crippen LogP contribution is -2.14. The summed E-state index contributed by atoms with van der Waals surface area (Å²) in [6.07, 6.45) is 0. The molecule has 0 aliphatic heterocycles. The van der Waals surface area contributed by atoms with Crippen molar-refractivity contribution in [2.24, 2.45) is 0 Å². The quantitative estimate of drug-likeness (QED) is 0.158. The van der Waals surface area contributed by atoms with E-state index in [1.54, 1.807) is 0 Å². The molecule has 0 unspecified atom stereocenters. The molecule has 0 amide bonds. The number of anilines is 3. The van der Waals surface area contributed by atoms with Crippen molar-refractivity contribution >= 4 is 81.3 Å². The zero-order chi connectivity index (χ0) is 46.5. The number of nitrogens with zero attached hydrogens (tertiary/aromatic N) is 1. The van der Waals surface area contributed by atoms with Gasteiger partial charge in [0.15, 0.2) is 0 Å². The van der Waals surface area contributed by atoms with E-state index in [-0.39, 0.29) is 5.41 Å². The molecule has 0 saturated heterocycles. The van der Waals surface area contributed by atoms with Crippen molar-refractivity contribution in [2.75, 3.05) is 4.90 Å². The van der Waals surface area contributed by atoms with Gasteiger partial charge in [0.05, 0.1) is 11.1 Å². The van der Waals surface area contributed by atoms with Crippen LogP contribution in [0.2, 0.25) is 0 Å². The monoisotopic (exact) mass is 911 g/mol. The normalized spacial score (nSPS) is 12.8. The van der Waals surface area contributed by atoms with E-state index in [1.807, 2.05) is 11.3 Å². The largest absolute Gasteiger partial charge is 0.455 e. The zero-order valence-corrected chi connectivity index (χ0v) is 39.6. The van der Waals surface area contributed by atoms with Crippen LogP contribution in [0.25, 0.3) is 109 Å². The molecule has 0 atom stereocenters. The van der Waals surface area contributed by atoms with Gasteiger partial charge in [-0.15, -0.1) is 11.3 Å². The van der Waals surface area contributed by atoms with Gasteiger partial charge in [0.2, 0.25) is 0 Å². The number of fused-ring (bicyclic) bond motifs is 11. The van der Waals surface area contributed by atoms with Crippen molar-refractivity contribution in [1.29, 1.82) is 0 Å². The molecule has 0 N–H and O–H groups in total. The van der Waals surface area contributed by atoms with Gasteiger partial charge in [-0.3, -0.25) is 0 Å². The van der Waals surface area contributed by atoms with Crippen molar-refractivity contribution in [3.8, 4) is 55.6 Å². The van der Waals surface area contributed by atoms with Gasteiger partial charge in [0.25, 0.3) is 0 Å². The third-order valence-electron chi connectivity index (χ3n) is 14.9. The molecule has 0 bridgehead atoms. The molecule has 0 radical (unpaired) electrons. The molecule has 2 aromatic heterocycles. The Morgan fingerprint density at radius 3 is 1.83 bits per heavy atom. The molecular formula is C67H45NOS. The molecule has 2 nitrogen and oxygen atoms in total. The zero-order valence-electron chi connectivity index (χ0n) is 38.8. The Morgan fingerprint density at radius 2 is 0.986 bits per heavy atom. The smallest absolute Gasteiger partial charge is 0.143 e. The Labute approximate surface area is 411 Å². The van der Waals surface area contributed by atoms with Crippen molar-refractivity contribution in [3.63, 3.8) is 0 Å². The molecule has 3 heteroatoms. The van der Waals surface area contributed by atoms with E-state index in [4.69, 9.17) is 4.42 Å². The van der Waals surface area contributed by atoms with Crippen molar-refractivity contribution < 1.29 is 4.42 Å². The summed E-state index contributed by atoms with van der Waals surface area (Å²) in [6, 6.07) is 86.9. The molecule has 11 aromatic carbocycles. The van der Waals surface area contributed by atoms with Crippen LogP contribution < -0.4 is 4.90 Å². The maximum absolute atomic E-state index is 7.00. The Kier molecular flexibility index (Phi) is 9.14. The Morgan fingerprint density at radius 1 is 0.386 bits per heavy atom. The van der Waals surface area contributed by atoms with Gasteiger partial charge in [0.1, 0.15) is 11.2 Å². The minimum Gasteiger partial charge on any atom is -0.455 e. The molecule has 330 valence electrons. The number of benzene rings is 11. The van der Waals surface area contributed by atoms with Crippen LogP contribution in [0, 0.1) is 0 Å². The van der Waals surface area contributed by atoms with Gasteiger partial charge >= 0.3 is 0 Å². The van der Waals surface area contributed by atoms with Gasteiger partial charge < -0.3 is 9.32 Å². The highest BCUT2D eigenvalue weighted by atomic mass is 32.1. The molecule has 1 aliphatic rings. The van der Waals surface area contributed by atoms with Crippen LogP contribution in [0.4, 0.5) is 17.1 Å². The number of hydrogen-bond donors (Lipinski definition) is 0. The van der Waals surface area contributed by atoms with E-state index in [1.165, 1.54) is 75.8 Å². The summed E-state index contributed by atoms with van der Waals surface area (Å²) < 4.78 is 9.61. The molecule has 14 rings (SSSR count). The summed E-state index contributed by atoms with van der Waals surface area (Å²) in [6.45, 7) is 4.71. The molecule has 0 fully saturated rings. The van der Waals surface area contributed by atoms with Gasteiger partial charge in [-0.1, -0.05) is 190 Å². The first kappa shape index (κ1) is 40.6. The summed E-state index contributed by atoms with van der Waals surface area (Å²) in [5.74, 6) is 0. The van der Waals surface area contributed by atoms with Crippen LogP contribution in [-0.2, 0) is 5.41 Å². The molecule has 0 spiro atoms. The third kappa shape index (κ3) is 6.32. The van der Waals surface area contributed by atoms with Crippen LogP contribution in [-0.4, -0.2) is 0 Å². The lowest BCUT2D eigenvalue weighted by molar-refractivity contribution is 0.660. The first-order valence-corrected chi connectivity index (χ1v) is 25.0. The highest BCUT2D eigenvalue weighted by Crippen LogP contribution is 2.52. The Hall–Kier alpha value is -8.50. The van der Waals surface area contributed by atoms with Crippen molar-refractivity contribution in [3.05, 3.63) is 248 Å². The summed E-state index contributed by atoms with van der Waals surface area (Å²) in [5.41, 5.74) is 19.7. The highest BCUT2D eigenvalue weighted by Gasteiger charge is 2.35.